The summed E-state index contributed by atoms with van der Waals surface area (Å²) in [5.74, 6) is -1.08. The maximum atomic E-state index is 12.9. The number of hydrogen-bond acceptors (Lipinski definition) is 3. The van der Waals surface area contributed by atoms with Crippen LogP contribution in [0.15, 0.2) is 36.7 Å². The van der Waals surface area contributed by atoms with Crippen molar-refractivity contribution < 1.29 is 22.8 Å². The van der Waals surface area contributed by atoms with E-state index in [9.17, 15) is 22.8 Å². The van der Waals surface area contributed by atoms with E-state index in [-0.39, 0.29) is 23.8 Å². The summed E-state index contributed by atoms with van der Waals surface area (Å²) in [7, 11) is 0. The zero-order valence-electron chi connectivity index (χ0n) is 14.9. The monoisotopic (exact) mass is 379 g/mol. The lowest BCUT2D eigenvalue weighted by Crippen LogP contribution is -2.42. The van der Waals surface area contributed by atoms with Gasteiger partial charge in [-0.2, -0.15) is 18.3 Å². The number of hydrogen-bond donors (Lipinski definition) is 0. The molecule has 1 amide bonds. The van der Waals surface area contributed by atoms with Crippen LogP contribution in [-0.4, -0.2) is 39.5 Å². The van der Waals surface area contributed by atoms with Gasteiger partial charge in [-0.3, -0.25) is 14.3 Å². The first kappa shape index (κ1) is 19.1. The number of piperidine rings is 1. The summed E-state index contributed by atoms with van der Waals surface area (Å²) < 4.78 is 40.3. The Morgan fingerprint density at radius 2 is 2.04 bits per heavy atom. The second-order valence-electron chi connectivity index (χ2n) is 6.62. The first-order valence-electron chi connectivity index (χ1n) is 8.82. The molecule has 1 aromatic heterocycles. The largest absolute Gasteiger partial charge is 0.416 e. The molecule has 0 bridgehead atoms. The van der Waals surface area contributed by atoms with Crippen molar-refractivity contribution in [1.82, 2.24) is 14.7 Å². The van der Waals surface area contributed by atoms with Gasteiger partial charge in [-0.05, 0) is 31.9 Å². The Morgan fingerprint density at radius 1 is 1.26 bits per heavy atom. The molecule has 0 unspecified atom stereocenters. The first-order chi connectivity index (χ1) is 12.8. The van der Waals surface area contributed by atoms with E-state index in [0.29, 0.717) is 31.5 Å². The molecule has 0 saturated carbocycles. The molecule has 0 aliphatic carbocycles. The second-order valence-corrected chi connectivity index (χ2v) is 6.62. The van der Waals surface area contributed by atoms with Gasteiger partial charge < -0.3 is 4.90 Å². The minimum absolute atomic E-state index is 0.0305. The van der Waals surface area contributed by atoms with E-state index >= 15 is 0 Å². The van der Waals surface area contributed by atoms with Crippen molar-refractivity contribution in [2.75, 3.05) is 13.1 Å². The van der Waals surface area contributed by atoms with Gasteiger partial charge in [0.1, 0.15) is 0 Å². The predicted octanol–water partition coefficient (Wildman–Crippen LogP) is 3.66. The molecule has 1 aliphatic heterocycles. The van der Waals surface area contributed by atoms with Gasteiger partial charge in [-0.25, -0.2) is 0 Å². The predicted molar refractivity (Wildman–Crippen MR) is 92.3 cm³/mol. The van der Waals surface area contributed by atoms with Crippen molar-refractivity contribution in [1.29, 1.82) is 0 Å². The number of likely N-dealkylation sites (tertiary alicyclic amines) is 1. The van der Waals surface area contributed by atoms with Gasteiger partial charge in [-0.15, -0.1) is 0 Å². The highest BCUT2D eigenvalue weighted by atomic mass is 19.4. The van der Waals surface area contributed by atoms with Crippen LogP contribution in [0.4, 0.5) is 13.2 Å². The third kappa shape index (κ3) is 4.20. The Bertz CT molecular complexity index is 845. The molecule has 1 fully saturated rings. The zero-order chi connectivity index (χ0) is 19.6. The maximum Gasteiger partial charge on any atom is 0.416 e. The van der Waals surface area contributed by atoms with Crippen LogP contribution < -0.4 is 0 Å². The molecule has 1 saturated heterocycles. The quantitative estimate of drug-likeness (QED) is 0.762. The van der Waals surface area contributed by atoms with Crippen LogP contribution in [-0.2, 0) is 12.7 Å². The van der Waals surface area contributed by atoms with Gasteiger partial charge in [-0.1, -0.05) is 12.1 Å². The minimum Gasteiger partial charge on any atom is -0.338 e. The third-order valence-electron chi connectivity index (χ3n) is 4.76. The highest BCUT2D eigenvalue weighted by Crippen LogP contribution is 2.31. The number of nitrogens with zero attached hydrogens (tertiary/aromatic N) is 3. The molecule has 0 spiro atoms. The number of aryl methyl sites for hydroxylation is 1. The molecule has 8 heteroatoms. The van der Waals surface area contributed by atoms with Crippen LogP contribution in [0.5, 0.6) is 0 Å². The summed E-state index contributed by atoms with van der Waals surface area (Å²) in [6.07, 6.45) is -0.176. The summed E-state index contributed by atoms with van der Waals surface area (Å²) >= 11 is 0. The van der Waals surface area contributed by atoms with E-state index in [1.807, 2.05) is 6.92 Å². The fraction of sp³-hybridized carbons (Fsp3) is 0.421. The van der Waals surface area contributed by atoms with Crippen molar-refractivity contribution in [3.05, 3.63) is 53.3 Å². The number of carbonyl (C=O) groups excluding carboxylic acids is 2. The molecule has 2 heterocycles. The fourth-order valence-electron chi connectivity index (χ4n) is 3.29. The molecule has 27 heavy (non-hydrogen) atoms. The second kappa shape index (κ2) is 7.54. The number of halogens is 3. The van der Waals surface area contributed by atoms with E-state index in [1.54, 1.807) is 15.8 Å². The topological polar surface area (TPSA) is 55.2 Å². The van der Waals surface area contributed by atoms with Crippen molar-refractivity contribution in [2.45, 2.75) is 32.5 Å². The zero-order valence-corrected chi connectivity index (χ0v) is 14.9. The molecule has 1 aromatic carbocycles. The van der Waals surface area contributed by atoms with Crippen LogP contribution in [0.2, 0.25) is 0 Å². The van der Waals surface area contributed by atoms with Gasteiger partial charge in [0.05, 0.1) is 17.3 Å². The number of carbonyl (C=O) groups is 2. The van der Waals surface area contributed by atoms with Gasteiger partial charge in [0.25, 0.3) is 5.91 Å². The number of Topliss-reactive ketones (excluding diaryl/α,β-unsaturated/α-hetero) is 1. The lowest BCUT2D eigenvalue weighted by atomic mass is 9.89. The summed E-state index contributed by atoms with van der Waals surface area (Å²) in [6, 6.07) is 4.46. The average Bonchev–Trinajstić information content (AvgIpc) is 3.15. The summed E-state index contributed by atoms with van der Waals surface area (Å²) in [4.78, 5) is 26.9. The maximum absolute atomic E-state index is 12.9. The van der Waals surface area contributed by atoms with Crippen molar-refractivity contribution in [2.24, 2.45) is 5.92 Å². The molecule has 0 radical (unpaired) electrons. The fourth-order valence-corrected chi connectivity index (χ4v) is 3.29. The van der Waals surface area contributed by atoms with Crippen LogP contribution in [0.25, 0.3) is 0 Å². The standard InChI is InChI=1S/C19H20F3N3O2/c1-2-25-12-15(10-23-25)18(27)24-8-4-6-14(11-24)17(26)13-5-3-7-16(9-13)19(20,21)22/h3,5,7,9-10,12,14H,2,4,6,8,11H2,1H3/t14-/m1/s1. The highest BCUT2D eigenvalue weighted by Gasteiger charge is 2.33. The normalized spacial score (nSPS) is 17.8. The molecular weight excluding hydrogens is 359 g/mol. The van der Waals surface area contributed by atoms with E-state index in [1.165, 1.54) is 18.3 Å². The van der Waals surface area contributed by atoms with Crippen LogP contribution in [0, 0.1) is 5.92 Å². The van der Waals surface area contributed by atoms with Gasteiger partial charge in [0.2, 0.25) is 0 Å². The van der Waals surface area contributed by atoms with Crippen molar-refractivity contribution in [3.8, 4) is 0 Å². The molecule has 1 aliphatic rings. The number of amides is 1. The van der Waals surface area contributed by atoms with E-state index in [0.717, 1.165) is 12.1 Å². The number of alkyl halides is 3. The lowest BCUT2D eigenvalue weighted by Gasteiger charge is -2.32. The van der Waals surface area contributed by atoms with Crippen molar-refractivity contribution in [3.63, 3.8) is 0 Å². The van der Waals surface area contributed by atoms with Crippen LogP contribution in [0.3, 0.4) is 0 Å². The first-order valence-corrected chi connectivity index (χ1v) is 8.82. The van der Waals surface area contributed by atoms with Crippen LogP contribution >= 0.6 is 0 Å². The number of aromatic nitrogens is 2. The summed E-state index contributed by atoms with van der Waals surface area (Å²) in [5, 5.41) is 4.08. The Hall–Kier alpha value is -2.64. The third-order valence-corrected chi connectivity index (χ3v) is 4.76. The smallest absolute Gasteiger partial charge is 0.338 e. The molecule has 2 aromatic rings. The Balaban J connectivity index is 1.74. The molecule has 0 N–H and O–H groups in total. The lowest BCUT2D eigenvalue weighted by molar-refractivity contribution is -0.137. The Morgan fingerprint density at radius 3 is 2.70 bits per heavy atom. The SMILES string of the molecule is CCn1cc(C(=O)N2CCC[C@@H](C(=O)c3cccc(C(F)(F)F)c3)C2)cn1. The number of rotatable bonds is 4. The molecule has 1 atom stereocenters. The van der Waals surface area contributed by atoms with E-state index < -0.39 is 17.7 Å². The number of ketones is 1. The Labute approximate surface area is 154 Å². The summed E-state index contributed by atoms with van der Waals surface area (Å²) in [6.45, 7) is 3.27. The molecule has 5 nitrogen and oxygen atoms in total. The molecular formula is C19H20F3N3O2. The van der Waals surface area contributed by atoms with E-state index in [2.05, 4.69) is 5.10 Å². The Kier molecular flexibility index (Phi) is 5.34. The highest BCUT2D eigenvalue weighted by molar-refractivity contribution is 5.99. The minimum atomic E-state index is -4.50. The van der Waals surface area contributed by atoms with Crippen molar-refractivity contribution >= 4 is 11.7 Å². The average molecular weight is 379 g/mol. The van der Waals surface area contributed by atoms with E-state index in [4.69, 9.17) is 0 Å². The number of benzene rings is 1. The van der Waals surface area contributed by atoms with Crippen LogP contribution in [0.1, 0.15) is 46.0 Å². The van der Waals surface area contributed by atoms with Gasteiger partial charge >= 0.3 is 6.18 Å². The molecule has 3 rings (SSSR count). The summed E-state index contributed by atoms with van der Waals surface area (Å²) in [5.41, 5.74) is -0.365. The van der Waals surface area contributed by atoms with Gasteiger partial charge in [0, 0.05) is 37.3 Å². The molecule has 144 valence electrons. The van der Waals surface area contributed by atoms with Gasteiger partial charge in [0.15, 0.2) is 5.78 Å².